The molecular weight excluding hydrogens is 284 g/mol. The number of sulfone groups is 1. The molecule has 1 heterocycles. The maximum absolute atomic E-state index is 11.4. The zero-order valence-corrected chi connectivity index (χ0v) is 13.8. The lowest BCUT2D eigenvalue weighted by molar-refractivity contribution is 0.216. The van der Waals surface area contributed by atoms with Gasteiger partial charge >= 0.3 is 0 Å². The van der Waals surface area contributed by atoms with Crippen LogP contribution < -0.4 is 5.32 Å². The zero-order chi connectivity index (χ0) is 15.3. The Kier molecular flexibility index (Phi) is 5.79. The summed E-state index contributed by atoms with van der Waals surface area (Å²) in [6, 6.07) is 11.3. The van der Waals surface area contributed by atoms with Crippen molar-refractivity contribution < 1.29 is 8.42 Å². The van der Waals surface area contributed by atoms with Crippen LogP contribution in [0.5, 0.6) is 0 Å². The van der Waals surface area contributed by atoms with Crippen molar-refractivity contribution in [2.45, 2.75) is 31.8 Å². The third kappa shape index (κ3) is 5.77. The SMILES string of the molecule is CC1CCNC(Cc2ccccc2)CN1CCS(C)(=O)=O. The summed E-state index contributed by atoms with van der Waals surface area (Å²) in [5.41, 5.74) is 1.33. The molecule has 2 rings (SSSR count). The Hall–Kier alpha value is -0.910. The van der Waals surface area contributed by atoms with Crippen molar-refractivity contribution in [1.29, 1.82) is 0 Å². The Morgan fingerprint density at radius 3 is 2.67 bits per heavy atom. The van der Waals surface area contributed by atoms with Gasteiger partial charge in [0.1, 0.15) is 9.84 Å². The molecule has 1 aliphatic rings. The predicted molar refractivity (Wildman–Crippen MR) is 87.3 cm³/mol. The molecule has 0 spiro atoms. The third-order valence-electron chi connectivity index (χ3n) is 4.15. The van der Waals surface area contributed by atoms with Crippen LogP contribution in [0, 0.1) is 0 Å². The van der Waals surface area contributed by atoms with Crippen LogP contribution in [0.1, 0.15) is 18.9 Å². The summed E-state index contributed by atoms with van der Waals surface area (Å²) in [7, 11) is -2.90. The first-order valence-electron chi connectivity index (χ1n) is 7.63. The number of nitrogens with zero attached hydrogens (tertiary/aromatic N) is 1. The summed E-state index contributed by atoms with van der Waals surface area (Å²) in [4.78, 5) is 2.31. The number of benzene rings is 1. The fraction of sp³-hybridized carbons (Fsp3) is 0.625. The van der Waals surface area contributed by atoms with Crippen molar-refractivity contribution in [2.75, 3.05) is 31.6 Å². The molecule has 1 aromatic rings. The molecule has 5 heteroatoms. The molecule has 1 fully saturated rings. The predicted octanol–water partition coefficient (Wildman–Crippen LogP) is 1.33. The van der Waals surface area contributed by atoms with E-state index in [1.54, 1.807) is 0 Å². The van der Waals surface area contributed by atoms with Crippen LogP contribution in [-0.4, -0.2) is 57.0 Å². The van der Waals surface area contributed by atoms with Crippen molar-refractivity contribution >= 4 is 9.84 Å². The molecular formula is C16H26N2O2S. The average molecular weight is 310 g/mol. The molecule has 0 bridgehead atoms. The number of hydrogen-bond donors (Lipinski definition) is 1. The minimum atomic E-state index is -2.90. The molecule has 1 aromatic carbocycles. The van der Waals surface area contributed by atoms with Gasteiger partial charge in [-0.1, -0.05) is 30.3 Å². The van der Waals surface area contributed by atoms with Gasteiger partial charge in [0.15, 0.2) is 0 Å². The van der Waals surface area contributed by atoms with Crippen LogP contribution >= 0.6 is 0 Å². The van der Waals surface area contributed by atoms with Crippen LogP contribution in [0.3, 0.4) is 0 Å². The summed E-state index contributed by atoms with van der Waals surface area (Å²) >= 11 is 0. The second-order valence-electron chi connectivity index (χ2n) is 6.10. The van der Waals surface area contributed by atoms with Gasteiger partial charge in [-0.25, -0.2) is 8.42 Å². The highest BCUT2D eigenvalue weighted by atomic mass is 32.2. The summed E-state index contributed by atoms with van der Waals surface area (Å²) in [5.74, 6) is 0.245. The Labute approximate surface area is 128 Å². The highest BCUT2D eigenvalue weighted by molar-refractivity contribution is 7.90. The van der Waals surface area contributed by atoms with Crippen LogP contribution in [-0.2, 0) is 16.3 Å². The van der Waals surface area contributed by atoms with Crippen molar-refractivity contribution in [1.82, 2.24) is 10.2 Å². The second kappa shape index (κ2) is 7.38. The molecule has 1 saturated heterocycles. The third-order valence-corrected chi connectivity index (χ3v) is 5.07. The Bertz CT molecular complexity index is 530. The van der Waals surface area contributed by atoms with Gasteiger partial charge in [-0.15, -0.1) is 0 Å². The fourth-order valence-electron chi connectivity index (χ4n) is 2.84. The normalized spacial score (nSPS) is 24.7. The molecule has 0 amide bonds. The molecule has 0 radical (unpaired) electrons. The smallest absolute Gasteiger partial charge is 0.148 e. The van der Waals surface area contributed by atoms with E-state index in [4.69, 9.17) is 0 Å². The second-order valence-corrected chi connectivity index (χ2v) is 8.36. The van der Waals surface area contributed by atoms with Gasteiger partial charge in [0.25, 0.3) is 0 Å². The molecule has 21 heavy (non-hydrogen) atoms. The summed E-state index contributed by atoms with van der Waals surface area (Å²) < 4.78 is 22.8. The summed E-state index contributed by atoms with van der Waals surface area (Å²) in [6.07, 6.45) is 3.37. The molecule has 1 N–H and O–H groups in total. The van der Waals surface area contributed by atoms with Gasteiger partial charge in [-0.2, -0.15) is 0 Å². The van der Waals surface area contributed by atoms with Crippen molar-refractivity contribution in [3.63, 3.8) is 0 Å². The first-order valence-corrected chi connectivity index (χ1v) is 9.69. The molecule has 2 atom stereocenters. The summed E-state index contributed by atoms with van der Waals surface area (Å²) in [5, 5.41) is 3.60. The Morgan fingerprint density at radius 2 is 2.00 bits per heavy atom. The first kappa shape index (κ1) is 16.5. The zero-order valence-electron chi connectivity index (χ0n) is 13.0. The molecule has 0 saturated carbocycles. The number of rotatable bonds is 5. The van der Waals surface area contributed by atoms with Gasteiger partial charge in [0.2, 0.25) is 0 Å². The lowest BCUT2D eigenvalue weighted by Crippen LogP contribution is -2.43. The van der Waals surface area contributed by atoms with Crippen LogP contribution in [0.2, 0.25) is 0 Å². The van der Waals surface area contributed by atoms with Crippen molar-refractivity contribution in [3.8, 4) is 0 Å². The Morgan fingerprint density at radius 1 is 1.29 bits per heavy atom. The van der Waals surface area contributed by atoms with Crippen molar-refractivity contribution in [2.24, 2.45) is 0 Å². The van der Waals surface area contributed by atoms with Gasteiger partial charge in [0.05, 0.1) is 5.75 Å². The van der Waals surface area contributed by atoms with Gasteiger partial charge in [0, 0.05) is 31.4 Å². The highest BCUT2D eigenvalue weighted by Crippen LogP contribution is 2.12. The molecule has 4 nitrogen and oxygen atoms in total. The minimum absolute atomic E-state index is 0.245. The first-order chi connectivity index (χ1) is 9.94. The largest absolute Gasteiger partial charge is 0.312 e. The molecule has 0 aliphatic carbocycles. The molecule has 2 unspecified atom stereocenters. The standard InChI is InChI=1S/C16H26N2O2S/c1-14-8-9-17-16(12-15-6-4-3-5-7-15)13-18(14)10-11-21(2,19)20/h3-7,14,16-17H,8-13H2,1-2H3. The molecule has 0 aromatic heterocycles. The monoisotopic (exact) mass is 310 g/mol. The Balaban J connectivity index is 1.97. The van der Waals surface area contributed by atoms with E-state index in [-0.39, 0.29) is 5.75 Å². The number of hydrogen-bond acceptors (Lipinski definition) is 4. The lowest BCUT2D eigenvalue weighted by atomic mass is 10.1. The van der Waals surface area contributed by atoms with E-state index in [1.165, 1.54) is 11.8 Å². The topological polar surface area (TPSA) is 49.4 Å². The van der Waals surface area contributed by atoms with E-state index in [2.05, 4.69) is 41.4 Å². The fourth-order valence-corrected chi connectivity index (χ4v) is 3.40. The quantitative estimate of drug-likeness (QED) is 0.891. The minimum Gasteiger partial charge on any atom is -0.312 e. The molecule has 1 aliphatic heterocycles. The van der Waals surface area contributed by atoms with Crippen LogP contribution in [0.4, 0.5) is 0 Å². The van der Waals surface area contributed by atoms with E-state index in [1.807, 2.05) is 6.07 Å². The summed E-state index contributed by atoms with van der Waals surface area (Å²) in [6.45, 7) is 4.72. The van der Waals surface area contributed by atoms with Gasteiger partial charge in [-0.05, 0) is 31.9 Å². The van der Waals surface area contributed by atoms with Gasteiger partial charge in [-0.3, -0.25) is 4.90 Å². The highest BCUT2D eigenvalue weighted by Gasteiger charge is 2.23. The average Bonchev–Trinajstić information content (AvgIpc) is 2.59. The van der Waals surface area contributed by atoms with Gasteiger partial charge < -0.3 is 5.32 Å². The van der Waals surface area contributed by atoms with Crippen LogP contribution in [0.15, 0.2) is 30.3 Å². The van der Waals surface area contributed by atoms with Crippen molar-refractivity contribution in [3.05, 3.63) is 35.9 Å². The van der Waals surface area contributed by atoms with E-state index in [0.29, 0.717) is 18.6 Å². The number of nitrogens with one attached hydrogen (secondary N) is 1. The maximum atomic E-state index is 11.4. The van der Waals surface area contributed by atoms with E-state index >= 15 is 0 Å². The van der Waals surface area contributed by atoms with E-state index in [9.17, 15) is 8.42 Å². The maximum Gasteiger partial charge on any atom is 0.148 e. The van der Waals surface area contributed by atoms with Crippen LogP contribution in [0.25, 0.3) is 0 Å². The molecule has 118 valence electrons. The van der Waals surface area contributed by atoms with E-state index < -0.39 is 9.84 Å². The van der Waals surface area contributed by atoms with E-state index in [0.717, 1.165) is 25.9 Å². The lowest BCUT2D eigenvalue weighted by Gasteiger charge is -2.28.